The molecular formula is C23H30N4O5. The number of aliphatic hydroxyl groups is 1. The van der Waals surface area contributed by atoms with Gasteiger partial charge in [0.15, 0.2) is 0 Å². The second-order valence-electron chi connectivity index (χ2n) is 8.35. The number of aliphatic hydroxyl groups excluding tert-OH is 1. The molecule has 0 spiro atoms. The molecule has 9 nitrogen and oxygen atoms in total. The number of ether oxygens (including phenoxy) is 2. The molecule has 1 aromatic carbocycles. The molecule has 1 aliphatic heterocycles. The van der Waals surface area contributed by atoms with Crippen LogP contribution in [-0.4, -0.2) is 64.2 Å². The molecule has 2 amide bonds. The number of hydrogen-bond donors (Lipinski definition) is 2. The first-order valence-corrected chi connectivity index (χ1v) is 11.1. The summed E-state index contributed by atoms with van der Waals surface area (Å²) in [4.78, 5) is 27.1. The Morgan fingerprint density at radius 3 is 2.88 bits per heavy atom. The van der Waals surface area contributed by atoms with E-state index in [1.54, 1.807) is 7.11 Å². The van der Waals surface area contributed by atoms with Crippen molar-refractivity contribution in [3.63, 3.8) is 0 Å². The molecule has 2 N–H and O–H groups in total. The highest BCUT2D eigenvalue weighted by Gasteiger charge is 2.41. The molecule has 1 saturated heterocycles. The summed E-state index contributed by atoms with van der Waals surface area (Å²) in [6, 6.07) is 8.37. The van der Waals surface area contributed by atoms with Gasteiger partial charge in [0.25, 0.3) is 0 Å². The highest BCUT2D eigenvalue weighted by atomic mass is 16.6. The van der Waals surface area contributed by atoms with Crippen LogP contribution < -0.4 is 5.32 Å². The number of carbonyl (C=O) groups is 2. The van der Waals surface area contributed by atoms with Gasteiger partial charge >= 0.3 is 6.09 Å². The van der Waals surface area contributed by atoms with E-state index in [2.05, 4.69) is 10.4 Å². The molecule has 1 aliphatic carbocycles. The molecule has 2 aromatic rings. The normalized spacial score (nSPS) is 22.4. The molecule has 172 valence electrons. The van der Waals surface area contributed by atoms with Gasteiger partial charge in [0.05, 0.1) is 37.5 Å². The first kappa shape index (κ1) is 22.3. The van der Waals surface area contributed by atoms with Crippen LogP contribution in [0.2, 0.25) is 0 Å². The van der Waals surface area contributed by atoms with Crippen molar-refractivity contribution in [3.8, 4) is 0 Å². The van der Waals surface area contributed by atoms with Gasteiger partial charge in [0, 0.05) is 19.7 Å². The van der Waals surface area contributed by atoms with Crippen LogP contribution >= 0.6 is 0 Å². The molecule has 1 unspecified atom stereocenters. The second-order valence-corrected chi connectivity index (χ2v) is 8.35. The Labute approximate surface area is 187 Å². The van der Waals surface area contributed by atoms with Crippen LogP contribution in [0, 0.1) is 0 Å². The maximum Gasteiger partial charge on any atom is 0.410 e. The highest BCUT2D eigenvalue weighted by Crippen LogP contribution is 2.29. The lowest BCUT2D eigenvalue weighted by molar-refractivity contribution is -0.126. The van der Waals surface area contributed by atoms with Crippen LogP contribution in [0.15, 0.2) is 36.5 Å². The van der Waals surface area contributed by atoms with Gasteiger partial charge in [-0.2, -0.15) is 5.10 Å². The summed E-state index contributed by atoms with van der Waals surface area (Å²) in [5, 5.41) is 17.9. The molecule has 3 atom stereocenters. The van der Waals surface area contributed by atoms with Crippen LogP contribution in [0.4, 0.5) is 4.79 Å². The number of aromatic nitrogens is 2. The number of methoxy groups -OCH3 is 1. The predicted octanol–water partition coefficient (Wildman–Crippen LogP) is 1.80. The van der Waals surface area contributed by atoms with Crippen LogP contribution in [0.25, 0.3) is 0 Å². The van der Waals surface area contributed by atoms with E-state index in [1.807, 2.05) is 41.2 Å². The smallest absolute Gasteiger partial charge is 0.410 e. The number of likely N-dealkylation sites (tertiary alicyclic amines) is 1. The topological polar surface area (TPSA) is 106 Å². The van der Waals surface area contributed by atoms with E-state index in [4.69, 9.17) is 9.47 Å². The SMILES string of the molecule is COCCn1cc2c(n1)C(NC(=O)[C@@H]1C[C@@H](O)CN1C(=O)OCc1ccccc1)CCC2. The van der Waals surface area contributed by atoms with Crippen molar-refractivity contribution in [2.24, 2.45) is 0 Å². The molecule has 4 rings (SSSR count). The van der Waals surface area contributed by atoms with Gasteiger partial charge in [-0.25, -0.2) is 4.79 Å². The summed E-state index contributed by atoms with van der Waals surface area (Å²) in [6.45, 7) is 1.41. The summed E-state index contributed by atoms with van der Waals surface area (Å²) < 4.78 is 12.4. The zero-order chi connectivity index (χ0) is 22.5. The lowest BCUT2D eigenvalue weighted by Gasteiger charge is -2.27. The van der Waals surface area contributed by atoms with E-state index in [0.29, 0.717) is 13.2 Å². The predicted molar refractivity (Wildman–Crippen MR) is 116 cm³/mol. The van der Waals surface area contributed by atoms with Gasteiger partial charge in [-0.05, 0) is 30.4 Å². The van der Waals surface area contributed by atoms with E-state index >= 15 is 0 Å². The van der Waals surface area contributed by atoms with Crippen molar-refractivity contribution in [2.75, 3.05) is 20.3 Å². The number of benzene rings is 1. The lowest BCUT2D eigenvalue weighted by Crippen LogP contribution is -2.47. The number of nitrogens with one attached hydrogen (secondary N) is 1. The Morgan fingerprint density at radius 2 is 2.09 bits per heavy atom. The number of β-amino-alcohol motifs (C(OH)–C–C–N with tert-alkyl or cyclic N) is 1. The minimum Gasteiger partial charge on any atom is -0.445 e. The minimum absolute atomic E-state index is 0.0767. The van der Waals surface area contributed by atoms with Crippen LogP contribution in [0.1, 0.15) is 42.1 Å². The molecule has 2 heterocycles. The van der Waals surface area contributed by atoms with Gasteiger partial charge in [-0.15, -0.1) is 0 Å². The Balaban J connectivity index is 1.40. The number of rotatable bonds is 7. The Kier molecular flexibility index (Phi) is 7.06. The van der Waals surface area contributed by atoms with E-state index in [9.17, 15) is 14.7 Å². The third-order valence-electron chi connectivity index (χ3n) is 6.00. The summed E-state index contributed by atoms with van der Waals surface area (Å²) in [5.74, 6) is -0.289. The second kappa shape index (κ2) is 10.1. The van der Waals surface area contributed by atoms with Gasteiger partial charge < -0.3 is 19.9 Å². The van der Waals surface area contributed by atoms with Crippen molar-refractivity contribution in [3.05, 3.63) is 53.3 Å². The fourth-order valence-electron chi connectivity index (χ4n) is 4.37. The number of nitrogens with zero attached hydrogens (tertiary/aromatic N) is 3. The average molecular weight is 443 g/mol. The third-order valence-corrected chi connectivity index (χ3v) is 6.00. The van der Waals surface area contributed by atoms with Gasteiger partial charge in [0.2, 0.25) is 5.91 Å². The summed E-state index contributed by atoms with van der Waals surface area (Å²) >= 11 is 0. The molecule has 0 radical (unpaired) electrons. The number of amides is 2. The highest BCUT2D eigenvalue weighted by molar-refractivity contribution is 5.86. The van der Waals surface area contributed by atoms with Crippen LogP contribution in [0.3, 0.4) is 0 Å². The van der Waals surface area contributed by atoms with Crippen molar-refractivity contribution < 1.29 is 24.2 Å². The molecular weight excluding hydrogens is 412 g/mol. The van der Waals surface area contributed by atoms with E-state index < -0.39 is 18.2 Å². The number of fused-ring (bicyclic) bond motifs is 1. The van der Waals surface area contributed by atoms with E-state index in [1.165, 1.54) is 4.90 Å². The molecule has 1 aromatic heterocycles. The maximum absolute atomic E-state index is 13.1. The van der Waals surface area contributed by atoms with E-state index in [-0.39, 0.29) is 31.5 Å². The van der Waals surface area contributed by atoms with Crippen LogP contribution in [-0.2, 0) is 33.8 Å². The van der Waals surface area contributed by atoms with Crippen molar-refractivity contribution in [1.82, 2.24) is 20.0 Å². The largest absolute Gasteiger partial charge is 0.445 e. The fraction of sp³-hybridized carbons (Fsp3) is 0.522. The molecule has 1 fully saturated rings. The zero-order valence-electron chi connectivity index (χ0n) is 18.3. The Hall–Kier alpha value is -2.91. The maximum atomic E-state index is 13.1. The first-order chi connectivity index (χ1) is 15.5. The first-order valence-electron chi connectivity index (χ1n) is 11.1. The average Bonchev–Trinajstić information content (AvgIpc) is 3.40. The van der Waals surface area contributed by atoms with Crippen molar-refractivity contribution in [2.45, 2.75) is 57.0 Å². The van der Waals surface area contributed by atoms with Crippen molar-refractivity contribution in [1.29, 1.82) is 0 Å². The van der Waals surface area contributed by atoms with Gasteiger partial charge in [-0.1, -0.05) is 30.3 Å². The number of carbonyl (C=O) groups excluding carboxylic acids is 2. The van der Waals surface area contributed by atoms with Crippen LogP contribution in [0.5, 0.6) is 0 Å². The zero-order valence-corrected chi connectivity index (χ0v) is 18.3. The summed E-state index contributed by atoms with van der Waals surface area (Å²) in [6.07, 6.45) is 3.50. The van der Waals surface area contributed by atoms with Gasteiger partial charge in [0.1, 0.15) is 12.6 Å². The molecule has 0 saturated carbocycles. The summed E-state index contributed by atoms with van der Waals surface area (Å²) in [7, 11) is 1.65. The minimum atomic E-state index is -0.769. The molecule has 2 aliphatic rings. The Bertz CT molecular complexity index is 932. The van der Waals surface area contributed by atoms with Crippen molar-refractivity contribution >= 4 is 12.0 Å². The third kappa shape index (κ3) is 5.11. The molecule has 32 heavy (non-hydrogen) atoms. The number of aryl methyl sites for hydroxylation is 1. The number of hydrogen-bond acceptors (Lipinski definition) is 6. The lowest BCUT2D eigenvalue weighted by atomic mass is 9.93. The summed E-state index contributed by atoms with van der Waals surface area (Å²) in [5.41, 5.74) is 2.86. The molecule has 0 bridgehead atoms. The quantitative estimate of drug-likeness (QED) is 0.677. The Morgan fingerprint density at radius 1 is 1.28 bits per heavy atom. The van der Waals surface area contributed by atoms with E-state index in [0.717, 1.165) is 36.1 Å². The fourth-order valence-corrected chi connectivity index (χ4v) is 4.37. The standard InChI is InChI=1S/C23H30N4O5/c1-31-11-10-26-13-17-8-5-9-19(21(17)25-26)24-22(29)20-12-18(28)14-27(20)23(30)32-15-16-6-3-2-4-7-16/h2-4,6-7,13,18-20,28H,5,8-12,14-15H2,1H3,(H,24,29)/t18-,19?,20+/m1/s1. The molecule has 9 heteroatoms. The van der Waals surface area contributed by atoms with Gasteiger partial charge in [-0.3, -0.25) is 14.4 Å². The monoisotopic (exact) mass is 442 g/mol.